The number of ether oxygens (including phenoxy) is 2. The van der Waals surface area contributed by atoms with Crippen LogP contribution in [0, 0.1) is 0 Å². The maximum absolute atomic E-state index is 12.8. The van der Waals surface area contributed by atoms with Gasteiger partial charge in [-0.1, -0.05) is 48.0 Å². The van der Waals surface area contributed by atoms with E-state index in [1.54, 1.807) is 32.0 Å². The van der Waals surface area contributed by atoms with Crippen LogP contribution in [0.1, 0.15) is 37.4 Å². The summed E-state index contributed by atoms with van der Waals surface area (Å²) >= 11 is 6.29. The maximum atomic E-state index is 12.8. The topological polar surface area (TPSA) is 64.6 Å². The standard InChI is InChI=1S/C21H22ClNO4/c1-13(2)26-20(24)12-17(15-8-4-5-9-16(15)22)23-21(25)19-11-14-7-3-6-10-18(14)27-19/h3-10,13,17,19H,11-12H2,1-2H3,(H,23,25)/t17-,19+/m0/s1. The molecule has 0 radical (unpaired) electrons. The van der Waals surface area contributed by atoms with Gasteiger partial charge in [-0.15, -0.1) is 0 Å². The average Bonchev–Trinajstić information content (AvgIpc) is 3.05. The monoisotopic (exact) mass is 387 g/mol. The lowest BCUT2D eigenvalue weighted by Crippen LogP contribution is -2.40. The van der Waals surface area contributed by atoms with Crippen molar-refractivity contribution in [2.24, 2.45) is 0 Å². The van der Waals surface area contributed by atoms with E-state index in [1.165, 1.54) is 0 Å². The molecule has 5 nitrogen and oxygen atoms in total. The molecule has 142 valence electrons. The van der Waals surface area contributed by atoms with Crippen molar-refractivity contribution in [2.45, 2.75) is 44.9 Å². The van der Waals surface area contributed by atoms with Crippen molar-refractivity contribution in [3.8, 4) is 5.75 Å². The molecule has 1 aliphatic rings. The quantitative estimate of drug-likeness (QED) is 0.765. The summed E-state index contributed by atoms with van der Waals surface area (Å²) in [6.07, 6.45) is -0.373. The van der Waals surface area contributed by atoms with Gasteiger partial charge in [0.15, 0.2) is 6.10 Å². The van der Waals surface area contributed by atoms with Gasteiger partial charge in [-0.3, -0.25) is 9.59 Å². The van der Waals surface area contributed by atoms with Crippen LogP contribution in [0.15, 0.2) is 48.5 Å². The van der Waals surface area contributed by atoms with E-state index in [0.717, 1.165) is 5.56 Å². The Bertz CT molecular complexity index is 811. The van der Waals surface area contributed by atoms with E-state index < -0.39 is 18.1 Å². The molecule has 27 heavy (non-hydrogen) atoms. The first-order valence-corrected chi connectivity index (χ1v) is 9.30. The molecule has 1 amide bonds. The summed E-state index contributed by atoms with van der Waals surface area (Å²) in [5.41, 5.74) is 1.66. The van der Waals surface area contributed by atoms with Crippen LogP contribution in [0.2, 0.25) is 5.02 Å². The summed E-state index contributed by atoms with van der Waals surface area (Å²) in [7, 11) is 0. The van der Waals surface area contributed by atoms with E-state index in [0.29, 0.717) is 22.8 Å². The first kappa shape index (κ1) is 19.2. The van der Waals surface area contributed by atoms with Gasteiger partial charge in [0.2, 0.25) is 0 Å². The average molecular weight is 388 g/mol. The fraction of sp³-hybridized carbons (Fsp3) is 0.333. The molecule has 0 unspecified atom stereocenters. The molecule has 1 N–H and O–H groups in total. The zero-order chi connectivity index (χ0) is 19.4. The molecule has 1 heterocycles. The Morgan fingerprint density at radius 2 is 1.89 bits per heavy atom. The van der Waals surface area contributed by atoms with Crippen molar-refractivity contribution in [1.82, 2.24) is 5.32 Å². The molecule has 2 atom stereocenters. The summed E-state index contributed by atoms with van der Waals surface area (Å²) in [4.78, 5) is 25.0. The Labute approximate surface area is 163 Å². The SMILES string of the molecule is CC(C)OC(=O)C[C@H](NC(=O)[C@H]1Cc2ccccc2O1)c1ccccc1Cl. The number of carbonyl (C=O) groups is 2. The van der Waals surface area contributed by atoms with Crippen LogP contribution in [-0.4, -0.2) is 24.1 Å². The van der Waals surface area contributed by atoms with Gasteiger partial charge >= 0.3 is 5.97 Å². The predicted molar refractivity (Wildman–Crippen MR) is 103 cm³/mol. The lowest BCUT2D eigenvalue weighted by atomic mass is 10.0. The Kier molecular flexibility index (Phi) is 6.01. The number of carbonyl (C=O) groups excluding carboxylic acids is 2. The van der Waals surface area contributed by atoms with Crippen molar-refractivity contribution in [3.05, 3.63) is 64.7 Å². The second kappa shape index (κ2) is 8.44. The van der Waals surface area contributed by atoms with Crippen molar-refractivity contribution >= 4 is 23.5 Å². The van der Waals surface area contributed by atoms with Gasteiger partial charge in [0.05, 0.1) is 18.6 Å². The number of rotatable bonds is 6. The molecule has 0 saturated carbocycles. The number of benzene rings is 2. The number of fused-ring (bicyclic) bond motifs is 1. The number of esters is 1. The third-order valence-electron chi connectivity index (χ3n) is 4.27. The highest BCUT2D eigenvalue weighted by Gasteiger charge is 2.31. The zero-order valence-electron chi connectivity index (χ0n) is 15.3. The smallest absolute Gasteiger partial charge is 0.308 e. The molecule has 2 aromatic rings. The molecule has 0 fully saturated rings. The van der Waals surface area contributed by atoms with Gasteiger partial charge in [0.25, 0.3) is 5.91 Å². The summed E-state index contributed by atoms with van der Waals surface area (Å²) < 4.78 is 11.0. The molecule has 0 bridgehead atoms. The highest BCUT2D eigenvalue weighted by Crippen LogP contribution is 2.30. The number of halogens is 1. The van der Waals surface area contributed by atoms with Gasteiger partial charge in [-0.25, -0.2) is 0 Å². The first-order valence-electron chi connectivity index (χ1n) is 8.93. The molecule has 1 aliphatic heterocycles. The van der Waals surface area contributed by atoms with Crippen LogP contribution in [-0.2, 0) is 20.7 Å². The lowest BCUT2D eigenvalue weighted by molar-refractivity contribution is -0.148. The number of para-hydroxylation sites is 1. The van der Waals surface area contributed by atoms with Gasteiger partial charge < -0.3 is 14.8 Å². The lowest BCUT2D eigenvalue weighted by Gasteiger charge is -2.22. The normalized spacial score (nSPS) is 16.4. The van der Waals surface area contributed by atoms with Crippen LogP contribution < -0.4 is 10.1 Å². The van der Waals surface area contributed by atoms with Crippen molar-refractivity contribution in [3.63, 3.8) is 0 Å². The first-order chi connectivity index (χ1) is 12.9. The Hall–Kier alpha value is -2.53. The van der Waals surface area contributed by atoms with Crippen LogP contribution in [0.3, 0.4) is 0 Å². The zero-order valence-corrected chi connectivity index (χ0v) is 16.0. The molecular weight excluding hydrogens is 366 g/mol. The van der Waals surface area contributed by atoms with Gasteiger partial charge in [-0.2, -0.15) is 0 Å². The minimum Gasteiger partial charge on any atom is -0.480 e. The van der Waals surface area contributed by atoms with Crippen LogP contribution in [0.25, 0.3) is 0 Å². The summed E-state index contributed by atoms with van der Waals surface area (Å²) in [5.74, 6) is 0.0328. The van der Waals surface area contributed by atoms with Gasteiger partial charge in [0, 0.05) is 11.4 Å². The van der Waals surface area contributed by atoms with Gasteiger partial charge in [0.1, 0.15) is 5.75 Å². The highest BCUT2D eigenvalue weighted by atomic mass is 35.5. The number of hydrogen-bond acceptors (Lipinski definition) is 4. The summed E-state index contributed by atoms with van der Waals surface area (Å²) in [5, 5.41) is 3.39. The molecular formula is C21H22ClNO4. The number of hydrogen-bond donors (Lipinski definition) is 1. The molecule has 2 aromatic carbocycles. The van der Waals surface area contributed by atoms with Gasteiger partial charge in [-0.05, 0) is 37.1 Å². The van der Waals surface area contributed by atoms with E-state index in [-0.39, 0.29) is 18.4 Å². The van der Waals surface area contributed by atoms with Crippen molar-refractivity contribution in [1.29, 1.82) is 0 Å². The largest absolute Gasteiger partial charge is 0.480 e. The molecule has 0 spiro atoms. The minimum atomic E-state index is -0.631. The molecule has 0 saturated heterocycles. The van der Waals surface area contributed by atoms with Crippen LogP contribution in [0.5, 0.6) is 5.75 Å². The van der Waals surface area contributed by atoms with E-state index in [1.807, 2.05) is 30.3 Å². The van der Waals surface area contributed by atoms with E-state index >= 15 is 0 Å². The summed E-state index contributed by atoms with van der Waals surface area (Å²) in [6.45, 7) is 3.56. The molecule has 0 aliphatic carbocycles. The predicted octanol–water partition coefficient (Wildman–Crippen LogP) is 3.84. The number of amides is 1. The number of nitrogens with one attached hydrogen (secondary N) is 1. The third-order valence-corrected chi connectivity index (χ3v) is 4.62. The maximum Gasteiger partial charge on any atom is 0.308 e. The summed E-state index contributed by atoms with van der Waals surface area (Å²) in [6, 6.07) is 14.1. The highest BCUT2D eigenvalue weighted by molar-refractivity contribution is 6.31. The fourth-order valence-electron chi connectivity index (χ4n) is 3.07. The van der Waals surface area contributed by atoms with E-state index in [4.69, 9.17) is 21.1 Å². The Balaban J connectivity index is 1.74. The Morgan fingerprint density at radius 3 is 2.59 bits per heavy atom. The van der Waals surface area contributed by atoms with Crippen LogP contribution >= 0.6 is 11.6 Å². The van der Waals surface area contributed by atoms with Crippen molar-refractivity contribution < 1.29 is 19.1 Å². The second-order valence-electron chi connectivity index (χ2n) is 6.74. The van der Waals surface area contributed by atoms with E-state index in [2.05, 4.69) is 5.32 Å². The van der Waals surface area contributed by atoms with E-state index in [9.17, 15) is 9.59 Å². The second-order valence-corrected chi connectivity index (χ2v) is 7.15. The molecule has 3 rings (SSSR count). The molecule has 6 heteroatoms. The van der Waals surface area contributed by atoms with Crippen molar-refractivity contribution in [2.75, 3.05) is 0 Å². The minimum absolute atomic E-state index is 0.00663. The Morgan fingerprint density at radius 1 is 1.19 bits per heavy atom. The van der Waals surface area contributed by atoms with Crippen LogP contribution in [0.4, 0.5) is 0 Å². The third kappa shape index (κ3) is 4.80. The fourth-order valence-corrected chi connectivity index (χ4v) is 3.33. The molecule has 0 aromatic heterocycles.